The SMILES string of the molecule is C[Si](c1ccc(C(F)(F)F)cc1P(c1cc(C(F)(F)F)cc(C(F)(F)F)c1)c1cc(C(F)(F)F)cc(C(F)(F)F)c1)c1ccc(C(F)(F)F)cc1P(c1cc(C(F)(F)F)cc(C(F)(F)F)c1)c1cc(C(F)(F)F)cc(C(F)(F)F)c1. The molecule has 0 amide bonds. The molecule has 0 aliphatic carbocycles. The molecule has 6 rings (SSSR count). The van der Waals surface area contributed by atoms with E-state index in [1.165, 1.54) is 0 Å². The van der Waals surface area contributed by atoms with Crippen LogP contribution in [0.5, 0.6) is 0 Å². The van der Waals surface area contributed by atoms with E-state index in [0.717, 1.165) is 0 Å². The zero-order valence-electron chi connectivity index (χ0n) is 38.1. The van der Waals surface area contributed by atoms with Gasteiger partial charge >= 0.3 is 61.8 Å². The van der Waals surface area contributed by atoms with Gasteiger partial charge in [-0.15, -0.1) is 0 Å². The summed E-state index contributed by atoms with van der Waals surface area (Å²) in [5, 5.41) is -11.8. The summed E-state index contributed by atoms with van der Waals surface area (Å²) in [4.78, 5) is 0. The molecule has 0 atom stereocenters. The molecule has 0 unspecified atom stereocenters. The first-order valence-corrected chi connectivity index (χ1v) is 25.6. The number of hydrogen-bond donors (Lipinski definition) is 0. The molecule has 6 aromatic carbocycles. The standard InChI is InChI=1S/C47H21F30P2Si/c1-80(36-4-2-20(38(48,49)50)18-34(36)78(30-10-22(40(54,55)56)6-23(11-30)41(57,58)59)31-12-24(42(60,61)62)7-25(13-31)43(63,64)65)37-5-3-21(39(51,52)53)19-35(37)79(32-14-26(44(66,67)68)8-27(15-32)45(69,70)71)33-16-28(46(72,73)74)9-29(17-33)47(75,76)77/h2-19H,1H3. The Morgan fingerprint density at radius 3 is 0.537 bits per heavy atom. The van der Waals surface area contributed by atoms with E-state index in [1.54, 1.807) is 0 Å². The fraction of sp³-hybridized carbons (Fsp3) is 0.234. The molecule has 0 aliphatic heterocycles. The Kier molecular flexibility index (Phi) is 16.6. The maximum absolute atomic E-state index is 14.7. The maximum Gasteiger partial charge on any atom is 0.416 e. The molecule has 433 valence electrons. The van der Waals surface area contributed by atoms with Crippen LogP contribution in [-0.2, 0) is 61.8 Å². The largest absolute Gasteiger partial charge is 0.416 e. The van der Waals surface area contributed by atoms with Crippen LogP contribution in [0.1, 0.15) is 55.6 Å². The molecule has 0 aliphatic rings. The first-order valence-electron chi connectivity index (χ1n) is 20.9. The van der Waals surface area contributed by atoms with Gasteiger partial charge in [-0.25, -0.2) is 0 Å². The van der Waals surface area contributed by atoms with E-state index in [1.807, 2.05) is 0 Å². The Hall–Kier alpha value is -5.70. The molecule has 33 heteroatoms. The average molecular weight is 1250 g/mol. The molecular formula is C47H21F30P2Si. The monoisotopic (exact) mass is 1250 g/mol. The van der Waals surface area contributed by atoms with Crippen LogP contribution in [0.25, 0.3) is 0 Å². The number of benzene rings is 6. The maximum atomic E-state index is 14.7. The molecule has 0 fully saturated rings. The fourth-order valence-corrected chi connectivity index (χ4v) is 16.3. The van der Waals surface area contributed by atoms with Crippen LogP contribution in [0, 0.1) is 0 Å². The Balaban J connectivity index is 1.89. The summed E-state index contributed by atoms with van der Waals surface area (Å²) < 4.78 is 435. The lowest BCUT2D eigenvalue weighted by molar-refractivity contribution is -0.144. The van der Waals surface area contributed by atoms with Gasteiger partial charge in [0, 0.05) is 0 Å². The van der Waals surface area contributed by atoms with Crippen LogP contribution in [0.2, 0.25) is 6.55 Å². The van der Waals surface area contributed by atoms with Gasteiger partial charge in [-0.1, -0.05) is 30.8 Å². The third kappa shape index (κ3) is 14.3. The predicted octanol–water partition coefficient (Wildman–Crippen LogP) is 15.6. The third-order valence-corrected chi connectivity index (χ3v) is 19.0. The molecule has 0 N–H and O–H groups in total. The second-order valence-corrected chi connectivity index (χ2v) is 23.5. The van der Waals surface area contributed by atoms with Gasteiger partial charge in [0.15, 0.2) is 0 Å². The van der Waals surface area contributed by atoms with Crippen molar-refractivity contribution < 1.29 is 132 Å². The fourth-order valence-electron chi connectivity index (χ4n) is 7.69. The van der Waals surface area contributed by atoms with Crippen molar-refractivity contribution in [3.8, 4) is 0 Å². The van der Waals surface area contributed by atoms with Gasteiger partial charge in [-0.3, -0.25) is 0 Å². The highest BCUT2D eigenvalue weighted by Gasteiger charge is 2.45. The minimum Gasteiger partial charge on any atom is -0.166 e. The number of hydrogen-bond acceptors (Lipinski definition) is 0. The normalized spacial score (nSPS) is 14.0. The second kappa shape index (κ2) is 20.9. The molecule has 1 radical (unpaired) electrons. The quantitative estimate of drug-likeness (QED) is 0.0809. The van der Waals surface area contributed by atoms with E-state index >= 15 is 0 Å². The van der Waals surface area contributed by atoms with Gasteiger partial charge in [0.25, 0.3) is 0 Å². The minimum absolute atomic E-state index is 0.0154. The molecule has 0 aromatic heterocycles. The minimum atomic E-state index is -5.95. The molecule has 0 bridgehead atoms. The lowest BCUT2D eigenvalue weighted by atomic mass is 10.1. The second-order valence-electron chi connectivity index (χ2n) is 16.8. The molecule has 6 aromatic rings. The smallest absolute Gasteiger partial charge is 0.166 e. The number of alkyl halides is 30. The van der Waals surface area contributed by atoms with Gasteiger partial charge in [0.05, 0.1) is 55.6 Å². The summed E-state index contributed by atoms with van der Waals surface area (Å²) in [5.41, 5.74) is -23.3. The zero-order chi connectivity index (χ0) is 60.9. The van der Waals surface area contributed by atoms with Gasteiger partial charge in [-0.05, 0) is 143 Å². The van der Waals surface area contributed by atoms with E-state index in [2.05, 4.69) is 0 Å². The van der Waals surface area contributed by atoms with Crippen molar-refractivity contribution >= 4 is 66.8 Å². The van der Waals surface area contributed by atoms with Gasteiger partial charge in [0.2, 0.25) is 0 Å². The van der Waals surface area contributed by atoms with Crippen LogP contribution in [0.3, 0.4) is 0 Å². The first-order chi connectivity index (χ1) is 35.9. The molecule has 0 saturated heterocycles. The van der Waals surface area contributed by atoms with E-state index in [4.69, 9.17) is 0 Å². The molecular weight excluding hydrogens is 1220 g/mol. The lowest BCUT2D eigenvalue weighted by Crippen LogP contribution is -2.53. The van der Waals surface area contributed by atoms with Crippen molar-refractivity contribution in [1.82, 2.24) is 0 Å². The van der Waals surface area contributed by atoms with E-state index in [0.29, 0.717) is 6.55 Å². The van der Waals surface area contributed by atoms with Crippen molar-refractivity contribution in [2.24, 2.45) is 0 Å². The summed E-state index contributed by atoms with van der Waals surface area (Å²) in [6, 6.07) is -5.32. The highest BCUT2D eigenvalue weighted by molar-refractivity contribution is 7.81. The zero-order valence-corrected chi connectivity index (χ0v) is 40.9. The highest BCUT2D eigenvalue weighted by atomic mass is 31.1. The summed E-state index contributed by atoms with van der Waals surface area (Å²) >= 11 is 0. The van der Waals surface area contributed by atoms with Crippen LogP contribution in [0.4, 0.5) is 132 Å². The molecule has 80 heavy (non-hydrogen) atoms. The van der Waals surface area contributed by atoms with E-state index in [9.17, 15) is 132 Å². The van der Waals surface area contributed by atoms with Crippen LogP contribution >= 0.6 is 15.8 Å². The van der Waals surface area contributed by atoms with Crippen molar-refractivity contribution in [3.63, 3.8) is 0 Å². The van der Waals surface area contributed by atoms with Crippen LogP contribution in [-0.4, -0.2) is 8.80 Å². The molecule has 0 heterocycles. The predicted molar refractivity (Wildman–Crippen MR) is 231 cm³/mol. The molecule has 0 nitrogen and oxygen atoms in total. The lowest BCUT2D eigenvalue weighted by Gasteiger charge is -2.30. The topological polar surface area (TPSA) is 0 Å². The Morgan fingerprint density at radius 1 is 0.225 bits per heavy atom. The summed E-state index contributed by atoms with van der Waals surface area (Å²) in [7, 11) is -12.6. The Morgan fingerprint density at radius 2 is 0.388 bits per heavy atom. The molecule has 0 spiro atoms. The number of halogens is 30. The van der Waals surface area contributed by atoms with Gasteiger partial charge in [-0.2, -0.15) is 132 Å². The number of rotatable bonds is 8. The van der Waals surface area contributed by atoms with Crippen LogP contribution < -0.4 is 42.2 Å². The van der Waals surface area contributed by atoms with Crippen molar-refractivity contribution in [2.45, 2.75) is 68.3 Å². The Labute approximate surface area is 431 Å². The average Bonchev–Trinajstić information content (AvgIpc) is 3.28. The van der Waals surface area contributed by atoms with Crippen molar-refractivity contribution in [2.75, 3.05) is 0 Å². The molecule has 0 saturated carbocycles. The summed E-state index contributed by atoms with van der Waals surface area (Å²) in [6.45, 7) is 0.658. The highest BCUT2D eigenvalue weighted by Crippen LogP contribution is 2.47. The van der Waals surface area contributed by atoms with Crippen LogP contribution in [0.15, 0.2) is 109 Å². The van der Waals surface area contributed by atoms with Gasteiger partial charge in [0.1, 0.15) is 8.80 Å². The summed E-state index contributed by atoms with van der Waals surface area (Å²) in [6.07, 6.45) is -59.1. The van der Waals surface area contributed by atoms with Crippen molar-refractivity contribution in [3.05, 3.63) is 165 Å². The van der Waals surface area contributed by atoms with E-state index < -0.39 is 209 Å². The van der Waals surface area contributed by atoms with Crippen molar-refractivity contribution in [1.29, 1.82) is 0 Å². The third-order valence-electron chi connectivity index (χ3n) is 11.3. The Bertz CT molecular complexity index is 2770. The summed E-state index contributed by atoms with van der Waals surface area (Å²) in [5.74, 6) is 0. The first kappa shape index (κ1) is 63.5. The van der Waals surface area contributed by atoms with E-state index in [-0.39, 0.29) is 84.9 Å². The van der Waals surface area contributed by atoms with Gasteiger partial charge < -0.3 is 0 Å².